The van der Waals surface area contributed by atoms with Crippen molar-refractivity contribution < 1.29 is 0 Å². The minimum atomic E-state index is -1.45. The molecule has 0 unspecified atom stereocenters. The fraction of sp³-hybridized carbons (Fsp3) is 0.231. The monoisotopic (exact) mass is 477 g/mol. The third kappa shape index (κ3) is 4.76. The van der Waals surface area contributed by atoms with Gasteiger partial charge < -0.3 is 0 Å². The molecule has 0 aliphatic rings. The molecule has 3 aromatic carbocycles. The summed E-state index contributed by atoms with van der Waals surface area (Å²) in [5.74, 6) is 0. The van der Waals surface area contributed by atoms with Gasteiger partial charge in [-0.15, -0.1) is 0 Å². The van der Waals surface area contributed by atoms with Crippen LogP contribution in [0.2, 0.25) is 0 Å². The molecule has 0 atom stereocenters. The quantitative estimate of drug-likeness (QED) is 0.311. The van der Waals surface area contributed by atoms with Gasteiger partial charge in [-0.3, -0.25) is 0 Å². The van der Waals surface area contributed by atoms with Crippen molar-refractivity contribution in [3.8, 4) is 0 Å². The van der Waals surface area contributed by atoms with Gasteiger partial charge in [0.2, 0.25) is 0 Å². The Balaban J connectivity index is 2.08. The second-order valence-electron chi connectivity index (χ2n) is 7.16. The molecule has 0 aliphatic carbocycles. The number of nitrogens with zero attached hydrogens (tertiary/aromatic N) is 1. The van der Waals surface area contributed by atoms with Gasteiger partial charge in [0.05, 0.1) is 0 Å². The van der Waals surface area contributed by atoms with Gasteiger partial charge in [-0.2, -0.15) is 0 Å². The molecule has 0 fully saturated rings. The van der Waals surface area contributed by atoms with Crippen LogP contribution >= 0.6 is 0 Å². The molecule has 0 bridgehead atoms. The third-order valence-electron chi connectivity index (χ3n) is 5.65. The fourth-order valence-electron chi connectivity index (χ4n) is 3.99. The Kier molecular flexibility index (Phi) is 7.93. The van der Waals surface area contributed by atoms with Gasteiger partial charge in [-0.25, -0.2) is 0 Å². The van der Waals surface area contributed by atoms with E-state index in [1.165, 1.54) is 16.7 Å². The van der Waals surface area contributed by atoms with Crippen molar-refractivity contribution in [1.82, 2.24) is 4.90 Å². The van der Waals surface area contributed by atoms with Gasteiger partial charge in [0, 0.05) is 0 Å². The van der Waals surface area contributed by atoms with Crippen LogP contribution in [0.5, 0.6) is 0 Å². The Labute approximate surface area is 180 Å². The Morgan fingerprint density at radius 3 is 1.43 bits per heavy atom. The van der Waals surface area contributed by atoms with E-state index < -0.39 is 21.1 Å². The van der Waals surface area contributed by atoms with Crippen molar-refractivity contribution in [2.24, 2.45) is 0 Å². The Hall–Kier alpha value is -1.84. The van der Waals surface area contributed by atoms with Crippen LogP contribution in [0.4, 0.5) is 0 Å². The fourth-order valence-corrected chi connectivity index (χ4v) is 9.93. The molecule has 0 heterocycles. The Morgan fingerprint density at radius 2 is 1.07 bits per heavy atom. The first kappa shape index (κ1) is 20.9. The zero-order chi connectivity index (χ0) is 19.7. The van der Waals surface area contributed by atoms with E-state index in [0.29, 0.717) is 0 Å². The average Bonchev–Trinajstić information content (AvgIpc) is 2.78. The molecule has 0 N–H and O–H groups in total. The molecule has 144 valence electrons. The second-order valence-corrected chi connectivity index (χ2v) is 12.7. The van der Waals surface area contributed by atoms with Crippen LogP contribution in [0, 0.1) is 0 Å². The molecule has 28 heavy (non-hydrogen) atoms. The van der Waals surface area contributed by atoms with E-state index in [1.54, 1.807) is 0 Å². The number of likely N-dealkylation sites (N-methyl/N-ethyl adjacent to an activating group) is 1. The summed E-state index contributed by atoms with van der Waals surface area (Å²) >= 11 is -1.45. The molecule has 3 aromatic rings. The van der Waals surface area contributed by atoms with Gasteiger partial charge in [-0.05, 0) is 0 Å². The van der Waals surface area contributed by atoms with E-state index in [4.69, 9.17) is 0 Å². The normalized spacial score (nSPS) is 12.4. The van der Waals surface area contributed by atoms with Crippen LogP contribution in [-0.2, 0) is 3.43 Å². The number of benzene rings is 3. The zero-order valence-electron chi connectivity index (χ0n) is 17.1. The van der Waals surface area contributed by atoms with Crippen molar-refractivity contribution in [1.29, 1.82) is 0 Å². The summed E-state index contributed by atoms with van der Waals surface area (Å²) in [4.78, 5) is 2.47. The number of rotatable bonds is 9. The van der Waals surface area contributed by atoms with E-state index in [-0.39, 0.29) is 3.43 Å². The summed E-state index contributed by atoms with van der Waals surface area (Å²) in [5, 5.41) is 0. The van der Waals surface area contributed by atoms with Crippen molar-refractivity contribution in [3.05, 3.63) is 118 Å². The zero-order valence-corrected chi connectivity index (χ0v) is 21.1. The molecule has 0 saturated carbocycles. The summed E-state index contributed by atoms with van der Waals surface area (Å²) in [5.41, 5.74) is 4.28. The van der Waals surface area contributed by atoms with Crippen molar-refractivity contribution >= 4 is 21.1 Å². The van der Waals surface area contributed by atoms with Gasteiger partial charge in [-0.1, -0.05) is 0 Å². The predicted octanol–water partition coefficient (Wildman–Crippen LogP) is 5.00. The summed E-state index contributed by atoms with van der Waals surface area (Å²) in [6.07, 6.45) is 2.42. The topological polar surface area (TPSA) is 3.24 Å². The van der Waals surface area contributed by atoms with Gasteiger partial charge >= 0.3 is 181 Å². The average molecular weight is 476 g/mol. The van der Waals surface area contributed by atoms with Gasteiger partial charge in [0.15, 0.2) is 0 Å². The molecule has 0 aliphatic heterocycles. The minimum absolute atomic E-state index is 0.0191. The standard InChI is InChI=1S/C19H15.C7H14N.Sn.2H/c1-4-10-16(11-5-1)19(17-12-6-2-7-13-17)18-14-8-3-9-15-18;1-4-7-8(5-2)6-3;;;/h1-15H;1,4H,5-7H2,2-3H3;;;. The first-order valence-electron chi connectivity index (χ1n) is 10.3. The Morgan fingerprint density at radius 1 is 0.679 bits per heavy atom. The molecule has 3 rings (SSSR count). The van der Waals surface area contributed by atoms with Crippen LogP contribution < -0.4 is 0 Å². The van der Waals surface area contributed by atoms with Gasteiger partial charge in [0.25, 0.3) is 0 Å². The summed E-state index contributed by atoms with van der Waals surface area (Å²) in [6, 6.07) is 33.3. The molecule has 0 radical (unpaired) electrons. The van der Waals surface area contributed by atoms with Crippen LogP contribution in [0.25, 0.3) is 0 Å². The van der Waals surface area contributed by atoms with Crippen LogP contribution in [-0.4, -0.2) is 45.7 Å². The van der Waals surface area contributed by atoms with Crippen LogP contribution in [0.15, 0.2) is 101 Å². The summed E-state index contributed by atoms with van der Waals surface area (Å²) in [6.45, 7) is 7.75. The van der Waals surface area contributed by atoms with Crippen LogP contribution in [0.1, 0.15) is 30.5 Å². The molecular weight excluding hydrogens is 445 g/mol. The van der Waals surface area contributed by atoms with Crippen molar-refractivity contribution in [3.63, 3.8) is 0 Å². The Bertz CT molecular complexity index is 743. The first-order chi connectivity index (χ1) is 13.8. The molecule has 0 saturated heterocycles. The van der Waals surface area contributed by atoms with Crippen LogP contribution in [0.3, 0.4) is 0 Å². The van der Waals surface area contributed by atoms with E-state index >= 15 is 0 Å². The SMILES string of the molecule is CCN(CC)CC=[CH][SnH2][C](c1ccccc1)(c1ccccc1)c1ccccc1. The van der Waals surface area contributed by atoms with E-state index in [0.717, 1.165) is 19.6 Å². The maximum absolute atomic E-state index is 2.58. The molecule has 0 spiro atoms. The maximum atomic E-state index is 2.58. The van der Waals surface area contributed by atoms with Crippen molar-refractivity contribution in [2.45, 2.75) is 17.3 Å². The predicted molar refractivity (Wildman–Crippen MR) is 125 cm³/mol. The number of hydrogen-bond acceptors (Lipinski definition) is 1. The molecule has 0 amide bonds. The van der Waals surface area contributed by atoms with E-state index in [1.807, 2.05) is 0 Å². The molecule has 2 heteroatoms. The molecule has 0 aromatic heterocycles. The van der Waals surface area contributed by atoms with Crippen molar-refractivity contribution in [2.75, 3.05) is 19.6 Å². The second kappa shape index (κ2) is 10.6. The summed E-state index contributed by atoms with van der Waals surface area (Å²) in [7, 11) is 0. The van der Waals surface area contributed by atoms with E-state index in [9.17, 15) is 0 Å². The van der Waals surface area contributed by atoms with Gasteiger partial charge in [0.1, 0.15) is 0 Å². The first-order valence-corrected chi connectivity index (χ1v) is 14.7. The third-order valence-corrected chi connectivity index (χ3v) is 12.5. The molecular formula is C26H31NSn. The summed E-state index contributed by atoms with van der Waals surface area (Å²) < 4.78 is 2.60. The number of hydrogen-bond donors (Lipinski definition) is 0. The van der Waals surface area contributed by atoms with E-state index in [2.05, 4.69) is 120 Å². The molecule has 1 nitrogen and oxygen atoms in total.